The second-order valence-corrected chi connectivity index (χ2v) is 11.2. The number of hydrogen-bond donors (Lipinski definition) is 1. The van der Waals surface area contributed by atoms with Gasteiger partial charge in [-0.25, -0.2) is 4.79 Å². The van der Waals surface area contributed by atoms with Gasteiger partial charge < -0.3 is 15.0 Å². The van der Waals surface area contributed by atoms with Gasteiger partial charge >= 0.3 is 6.09 Å². The minimum Gasteiger partial charge on any atom is -0.444 e. The van der Waals surface area contributed by atoms with Crippen LogP contribution in [0.25, 0.3) is 0 Å². The molecule has 1 N–H and O–H groups in total. The molecule has 0 aliphatic heterocycles. The normalized spacial score (nSPS) is 11.5. The summed E-state index contributed by atoms with van der Waals surface area (Å²) in [5, 5.41) is 2.82. The first-order chi connectivity index (χ1) is 16.8. The molecule has 0 aliphatic rings. The average Bonchev–Trinajstić information content (AvgIpc) is 2.79. The zero-order valence-corrected chi connectivity index (χ0v) is 24.2. The topological polar surface area (TPSA) is 58.6 Å². The molecule has 0 radical (unpaired) electrons. The van der Waals surface area contributed by atoms with Gasteiger partial charge in [-0.3, -0.25) is 4.79 Å². The second-order valence-electron chi connectivity index (χ2n) is 11.2. The van der Waals surface area contributed by atoms with E-state index in [2.05, 4.69) is 24.1 Å². The number of nitrogens with one attached hydrogen (secondary N) is 1. The average molecular weight is 497 g/mol. The molecule has 5 heteroatoms. The third-order valence-corrected chi connectivity index (χ3v) is 6.40. The number of unbranched alkanes of at least 4 members (excludes halogenated alkanes) is 15. The van der Waals surface area contributed by atoms with Gasteiger partial charge in [0.15, 0.2) is 0 Å². The molecule has 0 spiro atoms. The molecule has 0 atom stereocenters. The quantitative estimate of drug-likeness (QED) is 0.144. The number of ether oxygens (including phenoxy) is 1. The lowest BCUT2D eigenvalue weighted by Crippen LogP contribution is -2.33. The van der Waals surface area contributed by atoms with Crippen molar-refractivity contribution in [2.75, 3.05) is 19.6 Å². The number of carbonyl (C=O) groups is 2. The third-order valence-electron chi connectivity index (χ3n) is 6.40. The fourth-order valence-electron chi connectivity index (χ4n) is 4.30. The van der Waals surface area contributed by atoms with Gasteiger partial charge in [0.25, 0.3) is 0 Å². The van der Waals surface area contributed by atoms with Crippen LogP contribution in [0.4, 0.5) is 4.79 Å². The van der Waals surface area contributed by atoms with Crippen molar-refractivity contribution in [1.29, 1.82) is 0 Å². The number of carbonyl (C=O) groups excluding carboxylic acids is 2. The van der Waals surface area contributed by atoms with E-state index in [1.54, 1.807) is 0 Å². The van der Waals surface area contributed by atoms with Gasteiger partial charge in [0, 0.05) is 26.1 Å². The molecule has 0 aromatic rings. The van der Waals surface area contributed by atoms with Gasteiger partial charge in [0.2, 0.25) is 5.91 Å². The summed E-state index contributed by atoms with van der Waals surface area (Å²) < 4.78 is 5.25. The summed E-state index contributed by atoms with van der Waals surface area (Å²) in [7, 11) is 0. The molecule has 0 unspecified atom stereocenters. The van der Waals surface area contributed by atoms with Crippen LogP contribution >= 0.6 is 0 Å². The van der Waals surface area contributed by atoms with Gasteiger partial charge in [-0.15, -0.1) is 0 Å². The van der Waals surface area contributed by atoms with Crippen molar-refractivity contribution in [2.45, 2.75) is 162 Å². The fraction of sp³-hybridized carbons (Fsp3) is 0.933. The van der Waals surface area contributed by atoms with Crippen molar-refractivity contribution in [3.05, 3.63) is 0 Å². The summed E-state index contributed by atoms with van der Waals surface area (Å²) in [5.41, 5.74) is -0.450. The molecule has 0 saturated carbocycles. The highest BCUT2D eigenvalue weighted by Crippen LogP contribution is 2.13. The Labute approximate surface area is 218 Å². The van der Waals surface area contributed by atoms with Crippen molar-refractivity contribution < 1.29 is 14.3 Å². The van der Waals surface area contributed by atoms with E-state index in [-0.39, 0.29) is 6.09 Å². The van der Waals surface area contributed by atoms with Crippen molar-refractivity contribution >= 4 is 12.0 Å². The summed E-state index contributed by atoms with van der Waals surface area (Å²) in [5.74, 6) is 0.358. The van der Waals surface area contributed by atoms with Gasteiger partial charge in [0.1, 0.15) is 5.60 Å². The summed E-state index contributed by atoms with van der Waals surface area (Å²) in [6.07, 6.45) is 22.2. The highest BCUT2D eigenvalue weighted by Gasteiger charge is 2.15. The SMILES string of the molecule is CCCCCCCCCN(CCCCCCCC)C(=O)CCCCCCCNC(=O)OC(C)(C)C. The van der Waals surface area contributed by atoms with Crippen molar-refractivity contribution in [3.63, 3.8) is 0 Å². The van der Waals surface area contributed by atoms with E-state index in [0.717, 1.165) is 58.0 Å². The van der Waals surface area contributed by atoms with Gasteiger partial charge in [-0.05, 0) is 46.5 Å². The zero-order chi connectivity index (χ0) is 26.2. The van der Waals surface area contributed by atoms with Gasteiger partial charge in [-0.2, -0.15) is 0 Å². The lowest BCUT2D eigenvalue weighted by molar-refractivity contribution is -0.131. The van der Waals surface area contributed by atoms with E-state index in [4.69, 9.17) is 4.74 Å². The number of alkyl carbamates (subject to hydrolysis) is 1. The van der Waals surface area contributed by atoms with Crippen LogP contribution in [0.2, 0.25) is 0 Å². The van der Waals surface area contributed by atoms with Crippen molar-refractivity contribution in [3.8, 4) is 0 Å². The minimum absolute atomic E-state index is 0.338. The Balaban J connectivity index is 4.05. The Morgan fingerprint density at radius 2 is 1.06 bits per heavy atom. The van der Waals surface area contributed by atoms with Crippen LogP contribution in [0.3, 0.4) is 0 Å². The van der Waals surface area contributed by atoms with E-state index in [9.17, 15) is 9.59 Å². The zero-order valence-electron chi connectivity index (χ0n) is 24.2. The van der Waals surface area contributed by atoms with Gasteiger partial charge in [0.05, 0.1) is 0 Å². The first kappa shape index (κ1) is 33.7. The smallest absolute Gasteiger partial charge is 0.407 e. The van der Waals surface area contributed by atoms with Crippen LogP contribution in [0.1, 0.15) is 157 Å². The standard InChI is InChI=1S/C30H60N2O3/c1-6-8-10-12-14-19-23-27-32(26-22-18-13-11-9-7-2)28(33)24-20-16-15-17-21-25-31-29(34)35-30(3,4)5/h6-27H2,1-5H3,(H,31,34). The number of hydrogen-bond acceptors (Lipinski definition) is 3. The minimum atomic E-state index is -0.450. The van der Waals surface area contributed by atoms with Crippen LogP contribution < -0.4 is 5.32 Å². The summed E-state index contributed by atoms with van der Waals surface area (Å²) >= 11 is 0. The molecule has 0 saturated heterocycles. The van der Waals surface area contributed by atoms with Gasteiger partial charge in [-0.1, -0.05) is 104 Å². The maximum atomic E-state index is 12.9. The number of rotatable bonds is 23. The van der Waals surface area contributed by atoms with Crippen LogP contribution in [0.5, 0.6) is 0 Å². The Bertz CT molecular complexity index is 502. The van der Waals surface area contributed by atoms with E-state index in [1.807, 2.05) is 20.8 Å². The van der Waals surface area contributed by atoms with E-state index in [0.29, 0.717) is 18.9 Å². The summed E-state index contributed by atoms with van der Waals surface area (Å²) in [4.78, 5) is 26.7. The summed E-state index contributed by atoms with van der Waals surface area (Å²) in [6.45, 7) is 12.7. The molecule has 0 aliphatic carbocycles. The molecule has 0 heterocycles. The maximum absolute atomic E-state index is 12.9. The molecule has 0 aromatic heterocycles. The molecule has 35 heavy (non-hydrogen) atoms. The van der Waals surface area contributed by atoms with Crippen LogP contribution in [0.15, 0.2) is 0 Å². The van der Waals surface area contributed by atoms with Crippen LogP contribution in [-0.2, 0) is 9.53 Å². The van der Waals surface area contributed by atoms with Crippen LogP contribution in [-0.4, -0.2) is 42.1 Å². The van der Waals surface area contributed by atoms with Crippen molar-refractivity contribution in [1.82, 2.24) is 10.2 Å². The van der Waals surface area contributed by atoms with E-state index in [1.165, 1.54) is 70.6 Å². The molecule has 0 fully saturated rings. The number of nitrogens with zero attached hydrogens (tertiary/aromatic N) is 1. The Morgan fingerprint density at radius 1 is 0.629 bits per heavy atom. The Morgan fingerprint density at radius 3 is 1.54 bits per heavy atom. The predicted octanol–water partition coefficient (Wildman–Crippen LogP) is 8.79. The molecule has 0 bridgehead atoms. The fourth-order valence-corrected chi connectivity index (χ4v) is 4.30. The lowest BCUT2D eigenvalue weighted by atomic mass is 10.1. The highest BCUT2D eigenvalue weighted by atomic mass is 16.6. The van der Waals surface area contributed by atoms with Crippen molar-refractivity contribution in [2.24, 2.45) is 0 Å². The Hall–Kier alpha value is -1.26. The molecule has 0 rings (SSSR count). The molecular weight excluding hydrogens is 436 g/mol. The van der Waals surface area contributed by atoms with E-state index >= 15 is 0 Å². The highest BCUT2D eigenvalue weighted by molar-refractivity contribution is 5.76. The molecular formula is C30H60N2O3. The number of amides is 2. The second kappa shape index (κ2) is 23.2. The summed E-state index contributed by atoms with van der Waals surface area (Å²) in [6, 6.07) is 0. The molecule has 0 aromatic carbocycles. The van der Waals surface area contributed by atoms with E-state index < -0.39 is 5.60 Å². The Kier molecular flexibility index (Phi) is 22.3. The largest absolute Gasteiger partial charge is 0.444 e. The molecule has 2 amide bonds. The monoisotopic (exact) mass is 496 g/mol. The third kappa shape index (κ3) is 24.2. The first-order valence-electron chi connectivity index (χ1n) is 15.0. The van der Waals surface area contributed by atoms with Crippen LogP contribution in [0, 0.1) is 0 Å². The maximum Gasteiger partial charge on any atom is 0.407 e. The first-order valence-corrected chi connectivity index (χ1v) is 15.0. The predicted molar refractivity (Wildman–Crippen MR) is 150 cm³/mol. The molecule has 5 nitrogen and oxygen atoms in total. The lowest BCUT2D eigenvalue weighted by Gasteiger charge is -2.23. The molecule has 208 valence electrons.